The highest BCUT2D eigenvalue weighted by Gasteiger charge is 2.63. The van der Waals surface area contributed by atoms with E-state index in [1.165, 1.54) is 5.57 Å². The van der Waals surface area contributed by atoms with Gasteiger partial charge in [0, 0.05) is 28.9 Å². The Morgan fingerprint density at radius 1 is 1.11 bits per heavy atom. The summed E-state index contributed by atoms with van der Waals surface area (Å²) >= 11 is 0. The summed E-state index contributed by atoms with van der Waals surface area (Å²) in [6.45, 7) is 3.86. The van der Waals surface area contributed by atoms with E-state index in [-0.39, 0.29) is 30.4 Å². The van der Waals surface area contributed by atoms with Gasteiger partial charge in [-0.15, -0.1) is 6.42 Å². The number of H-pyrrole nitrogens is 1. The molecule has 10 heteroatoms. The molecule has 3 fully saturated rings. The fourth-order valence-electron chi connectivity index (χ4n) is 9.27. The van der Waals surface area contributed by atoms with Crippen molar-refractivity contribution in [1.82, 2.24) is 15.6 Å². The summed E-state index contributed by atoms with van der Waals surface area (Å²) in [6.07, 6.45) is 17.3. The molecule has 7 atom stereocenters. The number of nitrogens with one attached hydrogen (secondary N) is 3. The first-order valence-electron chi connectivity index (χ1n) is 16.4. The van der Waals surface area contributed by atoms with Crippen molar-refractivity contribution < 1.29 is 29.4 Å². The van der Waals surface area contributed by atoms with E-state index in [0.29, 0.717) is 24.2 Å². The number of aromatic amines is 1. The molecule has 4 aliphatic carbocycles. The fraction of sp³-hybridized carbons (Fsp3) is 0.556. The van der Waals surface area contributed by atoms with E-state index in [1.807, 2.05) is 24.3 Å². The van der Waals surface area contributed by atoms with Crippen LogP contribution in [0.1, 0.15) is 70.8 Å². The Kier molecular flexibility index (Phi) is 8.49. The molecule has 2 aromatic rings. The number of carbonyl (C=O) groups is 3. The highest BCUT2D eigenvalue weighted by atomic mass is 16.6. The molecule has 4 unspecified atom stereocenters. The summed E-state index contributed by atoms with van der Waals surface area (Å²) in [5.74, 6) is 2.01. The van der Waals surface area contributed by atoms with E-state index >= 15 is 0 Å². The minimum atomic E-state index is -1.16. The molecule has 46 heavy (non-hydrogen) atoms. The van der Waals surface area contributed by atoms with Crippen molar-refractivity contribution in [1.29, 1.82) is 0 Å². The third kappa shape index (κ3) is 5.59. The van der Waals surface area contributed by atoms with Crippen LogP contribution in [0.3, 0.4) is 0 Å². The van der Waals surface area contributed by atoms with Crippen LogP contribution in [0.5, 0.6) is 0 Å². The van der Waals surface area contributed by atoms with E-state index in [4.69, 9.17) is 11.3 Å². The number of benzene rings is 1. The smallest absolute Gasteiger partial charge is 0.326 e. The van der Waals surface area contributed by atoms with Crippen molar-refractivity contribution in [3.8, 4) is 12.3 Å². The van der Waals surface area contributed by atoms with E-state index in [2.05, 4.69) is 46.6 Å². The molecule has 2 amide bonds. The Balaban J connectivity index is 0.987. The maximum atomic E-state index is 12.5. The number of aromatic nitrogens is 1. The van der Waals surface area contributed by atoms with Gasteiger partial charge in [0.1, 0.15) is 11.6 Å². The van der Waals surface area contributed by atoms with Gasteiger partial charge >= 0.3 is 5.97 Å². The lowest BCUT2D eigenvalue weighted by atomic mass is 9.46. The van der Waals surface area contributed by atoms with Crippen LogP contribution in [-0.4, -0.2) is 63.5 Å². The lowest BCUT2D eigenvalue weighted by molar-refractivity contribution is -0.141. The summed E-state index contributed by atoms with van der Waals surface area (Å²) in [7, 11) is 0. The third-order valence-electron chi connectivity index (χ3n) is 11.9. The number of rotatable bonds is 9. The standard InChI is InChI=1S/C36H44N4O6/c1-4-36(45)16-13-28-26-10-9-23-18-24(11-14-34(23,2)27(26)12-15-35(28,36)3)40-46-21-32(42)38-20-31(41)39-30(33(43)44)17-22-19-37-29-8-6-5-7-25(22)29/h1,5-8,18-19,26-28,30,37,45H,9-17,20-21H2,2-3H3,(H,38,42)(H,39,41)(H,43,44)/t26?,27?,28?,30?,34-,35-,36+/m0/s1. The number of para-hydroxylation sites is 1. The maximum Gasteiger partial charge on any atom is 0.326 e. The predicted octanol–water partition coefficient (Wildman–Crippen LogP) is 4.10. The number of oxime groups is 1. The molecule has 0 radical (unpaired) electrons. The SMILES string of the molecule is C#C[C@@]1(O)CCC2C3CCC4=CC(=NOCC(=O)NCC(=O)NC(Cc5c[nH]c6ccccc56)C(=O)O)CC[C@]4(C)C3CC[C@@]21C. The van der Waals surface area contributed by atoms with Gasteiger partial charge in [-0.05, 0) is 92.2 Å². The molecule has 4 aliphatic rings. The van der Waals surface area contributed by atoms with Gasteiger partial charge in [-0.3, -0.25) is 9.59 Å². The number of nitrogens with zero attached hydrogens (tertiary/aromatic N) is 1. The van der Waals surface area contributed by atoms with Crippen LogP contribution in [0.25, 0.3) is 10.9 Å². The van der Waals surface area contributed by atoms with Gasteiger partial charge in [0.25, 0.3) is 5.91 Å². The Labute approximate surface area is 269 Å². The average Bonchev–Trinajstić information content (AvgIpc) is 3.57. The van der Waals surface area contributed by atoms with Crippen LogP contribution in [0.15, 0.2) is 47.3 Å². The molecule has 0 saturated heterocycles. The van der Waals surface area contributed by atoms with Gasteiger partial charge in [-0.2, -0.15) is 0 Å². The van der Waals surface area contributed by atoms with Crippen LogP contribution in [0.2, 0.25) is 0 Å². The van der Waals surface area contributed by atoms with Crippen molar-refractivity contribution in [2.45, 2.75) is 83.3 Å². The number of allylic oxidation sites excluding steroid dienone is 2. The van der Waals surface area contributed by atoms with Crippen LogP contribution < -0.4 is 10.6 Å². The first-order valence-corrected chi connectivity index (χ1v) is 16.4. The summed E-state index contributed by atoms with van der Waals surface area (Å²) in [5.41, 5.74) is 2.72. The first kappa shape index (κ1) is 31.9. The van der Waals surface area contributed by atoms with E-state index in [9.17, 15) is 24.6 Å². The highest BCUT2D eigenvalue weighted by Crippen LogP contribution is 2.67. The zero-order chi connectivity index (χ0) is 32.7. The molecule has 0 spiro atoms. The molecular weight excluding hydrogens is 584 g/mol. The normalized spacial score (nSPS) is 33.1. The lowest BCUT2D eigenvalue weighted by Gasteiger charge is -2.58. The second-order valence-electron chi connectivity index (χ2n) is 14.2. The molecule has 6 rings (SSSR count). The number of carboxylic acid groups (broad SMARTS) is 1. The van der Waals surface area contributed by atoms with Crippen LogP contribution >= 0.6 is 0 Å². The number of carboxylic acids is 1. The van der Waals surface area contributed by atoms with Crippen LogP contribution in [-0.2, 0) is 25.6 Å². The number of amides is 2. The molecule has 1 aromatic heterocycles. The molecule has 1 heterocycles. The Morgan fingerprint density at radius 3 is 2.67 bits per heavy atom. The molecular formula is C36H44N4O6. The number of hydrogen-bond donors (Lipinski definition) is 5. The summed E-state index contributed by atoms with van der Waals surface area (Å²) < 4.78 is 0. The maximum absolute atomic E-state index is 12.5. The van der Waals surface area contributed by atoms with Crippen molar-refractivity contribution in [3.05, 3.63) is 47.7 Å². The van der Waals surface area contributed by atoms with Crippen molar-refractivity contribution >= 4 is 34.4 Å². The highest BCUT2D eigenvalue weighted by molar-refractivity contribution is 5.96. The second-order valence-corrected chi connectivity index (χ2v) is 14.2. The average molecular weight is 629 g/mol. The van der Waals surface area contributed by atoms with E-state index in [0.717, 1.165) is 67.1 Å². The second kappa shape index (κ2) is 12.3. The minimum Gasteiger partial charge on any atom is -0.480 e. The molecule has 10 nitrogen and oxygen atoms in total. The van der Waals surface area contributed by atoms with Crippen molar-refractivity contribution in [2.75, 3.05) is 13.2 Å². The molecule has 1 aromatic carbocycles. The minimum absolute atomic E-state index is 0.0763. The Morgan fingerprint density at radius 2 is 1.89 bits per heavy atom. The van der Waals surface area contributed by atoms with Gasteiger partial charge in [0.2, 0.25) is 5.91 Å². The van der Waals surface area contributed by atoms with Gasteiger partial charge in [0.15, 0.2) is 6.61 Å². The fourth-order valence-corrected chi connectivity index (χ4v) is 9.27. The Bertz CT molecular complexity index is 1640. The van der Waals surface area contributed by atoms with Gasteiger partial charge in [-0.1, -0.05) is 48.7 Å². The van der Waals surface area contributed by atoms with E-state index in [1.54, 1.807) is 6.20 Å². The van der Waals surface area contributed by atoms with Gasteiger partial charge < -0.3 is 30.7 Å². The number of aliphatic hydroxyl groups is 1. The molecule has 0 bridgehead atoms. The molecule has 3 saturated carbocycles. The van der Waals surface area contributed by atoms with Gasteiger partial charge in [-0.25, -0.2) is 4.79 Å². The zero-order valence-corrected chi connectivity index (χ0v) is 26.6. The zero-order valence-electron chi connectivity index (χ0n) is 26.6. The topological polar surface area (TPSA) is 153 Å². The van der Waals surface area contributed by atoms with Gasteiger partial charge in [0.05, 0.1) is 12.3 Å². The number of aliphatic carboxylic acids is 1. The monoisotopic (exact) mass is 628 g/mol. The summed E-state index contributed by atoms with van der Waals surface area (Å²) in [5, 5.41) is 31.0. The number of hydrogen-bond acceptors (Lipinski definition) is 6. The number of fused-ring (bicyclic) bond motifs is 6. The summed E-state index contributed by atoms with van der Waals surface area (Å²) in [6, 6.07) is 6.39. The lowest BCUT2D eigenvalue weighted by Crippen LogP contribution is -2.54. The van der Waals surface area contributed by atoms with Crippen LogP contribution in [0.4, 0.5) is 0 Å². The van der Waals surface area contributed by atoms with Crippen molar-refractivity contribution in [3.63, 3.8) is 0 Å². The number of carbonyl (C=O) groups excluding carboxylic acids is 2. The molecule has 5 N–H and O–H groups in total. The summed E-state index contributed by atoms with van der Waals surface area (Å²) in [4.78, 5) is 45.2. The van der Waals surface area contributed by atoms with Crippen LogP contribution in [0, 0.1) is 40.9 Å². The number of terminal acetylenes is 1. The molecule has 0 aliphatic heterocycles. The quantitative estimate of drug-likeness (QED) is 0.208. The predicted molar refractivity (Wildman–Crippen MR) is 173 cm³/mol. The largest absolute Gasteiger partial charge is 0.480 e. The Hall–Kier alpha value is -4.10. The van der Waals surface area contributed by atoms with E-state index < -0.39 is 29.4 Å². The first-order chi connectivity index (χ1) is 22.0. The third-order valence-corrected chi connectivity index (χ3v) is 11.9. The van der Waals surface area contributed by atoms with Crippen molar-refractivity contribution in [2.24, 2.45) is 33.7 Å². The molecule has 244 valence electrons.